The average Bonchev–Trinajstić information content (AvgIpc) is 2.45. The number of likely N-dealkylation sites (N-methyl/N-ethyl adjacent to an activating group) is 2. The van der Waals surface area contributed by atoms with Crippen LogP contribution >= 0.6 is 0 Å². The normalized spacial score (nSPS) is 13.6. The van der Waals surface area contributed by atoms with Gasteiger partial charge < -0.3 is 10.1 Å². The standard InChI is InChI=1S/C17H30N2O/c1-7-18-16(17(4,5)19(8-2)9-3)14-12-10-11-13-15(14)20-6/h10-13,16,18H,7-9H2,1-6H3. The second-order valence-corrected chi connectivity index (χ2v) is 5.56. The van der Waals surface area contributed by atoms with E-state index in [0.717, 1.165) is 25.4 Å². The average molecular weight is 278 g/mol. The molecule has 0 saturated carbocycles. The van der Waals surface area contributed by atoms with Crippen molar-refractivity contribution in [2.24, 2.45) is 0 Å². The lowest BCUT2D eigenvalue weighted by atomic mass is 9.86. The van der Waals surface area contributed by atoms with E-state index in [4.69, 9.17) is 4.74 Å². The van der Waals surface area contributed by atoms with Crippen molar-refractivity contribution >= 4 is 0 Å². The van der Waals surface area contributed by atoms with E-state index in [1.54, 1.807) is 7.11 Å². The highest BCUT2D eigenvalue weighted by molar-refractivity contribution is 5.37. The number of hydrogen-bond donors (Lipinski definition) is 1. The summed E-state index contributed by atoms with van der Waals surface area (Å²) in [5, 5.41) is 3.64. The van der Waals surface area contributed by atoms with Gasteiger partial charge in [0.2, 0.25) is 0 Å². The molecule has 20 heavy (non-hydrogen) atoms. The van der Waals surface area contributed by atoms with E-state index < -0.39 is 0 Å². The number of nitrogens with one attached hydrogen (secondary N) is 1. The van der Waals surface area contributed by atoms with E-state index >= 15 is 0 Å². The highest BCUT2D eigenvalue weighted by Gasteiger charge is 2.35. The molecule has 0 aliphatic heterocycles. The molecule has 0 aliphatic rings. The Hall–Kier alpha value is -1.06. The van der Waals surface area contributed by atoms with Crippen molar-refractivity contribution in [2.75, 3.05) is 26.7 Å². The van der Waals surface area contributed by atoms with Gasteiger partial charge in [0.1, 0.15) is 5.75 Å². The van der Waals surface area contributed by atoms with Crippen molar-refractivity contribution in [1.82, 2.24) is 10.2 Å². The number of benzene rings is 1. The first-order valence-corrected chi connectivity index (χ1v) is 7.64. The summed E-state index contributed by atoms with van der Waals surface area (Å²) in [6.07, 6.45) is 0. The molecular formula is C17H30N2O. The third-order valence-electron chi connectivity index (χ3n) is 4.14. The van der Waals surface area contributed by atoms with Gasteiger partial charge in [-0.05, 0) is 39.5 Å². The zero-order valence-corrected chi connectivity index (χ0v) is 13.9. The number of ether oxygens (including phenoxy) is 1. The lowest BCUT2D eigenvalue weighted by Crippen LogP contribution is -2.52. The summed E-state index contributed by atoms with van der Waals surface area (Å²) in [6.45, 7) is 14.2. The second-order valence-electron chi connectivity index (χ2n) is 5.56. The fourth-order valence-electron chi connectivity index (χ4n) is 3.07. The molecule has 3 nitrogen and oxygen atoms in total. The van der Waals surface area contributed by atoms with Crippen LogP contribution in [0.2, 0.25) is 0 Å². The molecular weight excluding hydrogens is 248 g/mol. The zero-order valence-electron chi connectivity index (χ0n) is 13.9. The molecule has 1 aromatic rings. The maximum absolute atomic E-state index is 5.56. The number of para-hydroxylation sites is 1. The SMILES string of the molecule is CCNC(c1ccccc1OC)C(C)(C)N(CC)CC. The molecule has 0 saturated heterocycles. The van der Waals surface area contributed by atoms with E-state index in [1.165, 1.54) is 5.56 Å². The Bertz CT molecular complexity index is 400. The van der Waals surface area contributed by atoms with Crippen LogP contribution in [0.5, 0.6) is 5.75 Å². The number of rotatable bonds is 8. The minimum atomic E-state index is 0.0220. The van der Waals surface area contributed by atoms with Gasteiger partial charge in [-0.1, -0.05) is 39.0 Å². The molecule has 0 radical (unpaired) electrons. The minimum Gasteiger partial charge on any atom is -0.496 e. The van der Waals surface area contributed by atoms with Crippen LogP contribution in [-0.2, 0) is 0 Å². The Kier molecular flexibility index (Phi) is 6.50. The van der Waals surface area contributed by atoms with Crippen molar-refractivity contribution in [1.29, 1.82) is 0 Å². The summed E-state index contributed by atoms with van der Waals surface area (Å²) >= 11 is 0. The van der Waals surface area contributed by atoms with Gasteiger partial charge in [0.05, 0.1) is 13.2 Å². The highest BCUT2D eigenvalue weighted by Crippen LogP contribution is 2.35. The molecule has 1 N–H and O–H groups in total. The molecule has 0 spiro atoms. The summed E-state index contributed by atoms with van der Waals surface area (Å²) in [5.41, 5.74) is 1.25. The smallest absolute Gasteiger partial charge is 0.123 e. The van der Waals surface area contributed by atoms with Gasteiger partial charge in [0.25, 0.3) is 0 Å². The molecule has 1 aromatic carbocycles. The van der Waals surface area contributed by atoms with Crippen molar-refractivity contribution in [3.8, 4) is 5.75 Å². The van der Waals surface area contributed by atoms with E-state index in [2.05, 4.69) is 57.0 Å². The van der Waals surface area contributed by atoms with Crippen LogP contribution in [0.3, 0.4) is 0 Å². The van der Waals surface area contributed by atoms with Crippen molar-refractivity contribution < 1.29 is 4.74 Å². The van der Waals surface area contributed by atoms with Gasteiger partial charge in [0.15, 0.2) is 0 Å². The number of methoxy groups -OCH3 is 1. The monoisotopic (exact) mass is 278 g/mol. The summed E-state index contributed by atoms with van der Waals surface area (Å²) in [7, 11) is 1.74. The molecule has 0 aromatic heterocycles. The maximum atomic E-state index is 5.56. The Balaban J connectivity index is 3.22. The van der Waals surface area contributed by atoms with Crippen LogP contribution < -0.4 is 10.1 Å². The Labute approximate surface area is 124 Å². The molecule has 1 unspecified atom stereocenters. The first-order valence-electron chi connectivity index (χ1n) is 7.64. The lowest BCUT2D eigenvalue weighted by molar-refractivity contribution is 0.0907. The van der Waals surface area contributed by atoms with E-state index in [-0.39, 0.29) is 11.6 Å². The fraction of sp³-hybridized carbons (Fsp3) is 0.647. The Morgan fingerprint density at radius 3 is 2.25 bits per heavy atom. The maximum Gasteiger partial charge on any atom is 0.123 e. The molecule has 1 atom stereocenters. The number of hydrogen-bond acceptors (Lipinski definition) is 3. The molecule has 0 heterocycles. The molecule has 114 valence electrons. The van der Waals surface area contributed by atoms with Crippen LogP contribution in [0.25, 0.3) is 0 Å². The second kappa shape index (κ2) is 7.65. The van der Waals surface area contributed by atoms with Crippen molar-refractivity contribution in [3.05, 3.63) is 29.8 Å². The van der Waals surface area contributed by atoms with E-state index in [9.17, 15) is 0 Å². The minimum absolute atomic E-state index is 0.0220. The van der Waals surface area contributed by atoms with Crippen molar-refractivity contribution in [3.63, 3.8) is 0 Å². The summed E-state index contributed by atoms with van der Waals surface area (Å²) in [5.74, 6) is 0.957. The fourth-order valence-corrected chi connectivity index (χ4v) is 3.07. The predicted octanol–water partition coefficient (Wildman–Crippen LogP) is 3.47. The van der Waals surface area contributed by atoms with E-state index in [1.807, 2.05) is 12.1 Å². The Morgan fingerprint density at radius 2 is 1.75 bits per heavy atom. The lowest BCUT2D eigenvalue weighted by Gasteiger charge is -2.44. The van der Waals surface area contributed by atoms with Crippen LogP contribution in [0.15, 0.2) is 24.3 Å². The largest absolute Gasteiger partial charge is 0.496 e. The zero-order chi connectivity index (χ0) is 15.2. The molecule has 0 fully saturated rings. The molecule has 3 heteroatoms. The summed E-state index contributed by atoms with van der Waals surface area (Å²) in [6, 6.07) is 8.55. The van der Waals surface area contributed by atoms with Gasteiger partial charge in [-0.25, -0.2) is 0 Å². The van der Waals surface area contributed by atoms with Gasteiger partial charge in [-0.15, -0.1) is 0 Å². The molecule has 0 aliphatic carbocycles. The van der Waals surface area contributed by atoms with Gasteiger partial charge >= 0.3 is 0 Å². The van der Waals surface area contributed by atoms with Gasteiger partial charge in [-0.3, -0.25) is 4.90 Å². The van der Waals surface area contributed by atoms with Crippen LogP contribution in [0.4, 0.5) is 0 Å². The first kappa shape index (κ1) is 17.0. The van der Waals surface area contributed by atoms with E-state index in [0.29, 0.717) is 0 Å². The quantitative estimate of drug-likeness (QED) is 0.788. The Morgan fingerprint density at radius 1 is 1.15 bits per heavy atom. The molecule has 1 rings (SSSR count). The molecule has 0 amide bonds. The third-order valence-corrected chi connectivity index (χ3v) is 4.14. The molecule has 0 bridgehead atoms. The van der Waals surface area contributed by atoms with Crippen LogP contribution in [0, 0.1) is 0 Å². The predicted molar refractivity (Wildman–Crippen MR) is 86.4 cm³/mol. The summed E-state index contributed by atoms with van der Waals surface area (Å²) in [4.78, 5) is 2.49. The number of nitrogens with zero attached hydrogens (tertiary/aromatic N) is 1. The topological polar surface area (TPSA) is 24.5 Å². The van der Waals surface area contributed by atoms with Crippen molar-refractivity contribution in [2.45, 2.75) is 46.2 Å². The summed E-state index contributed by atoms with van der Waals surface area (Å²) < 4.78 is 5.56. The van der Waals surface area contributed by atoms with Gasteiger partial charge in [-0.2, -0.15) is 0 Å². The van der Waals surface area contributed by atoms with Gasteiger partial charge in [0, 0.05) is 11.1 Å². The first-order chi connectivity index (χ1) is 9.52. The highest BCUT2D eigenvalue weighted by atomic mass is 16.5. The van der Waals surface area contributed by atoms with Crippen LogP contribution in [0.1, 0.15) is 46.2 Å². The van der Waals surface area contributed by atoms with Crippen LogP contribution in [-0.4, -0.2) is 37.2 Å². The third kappa shape index (κ3) is 3.53.